The molecule has 1 fully saturated rings. The highest BCUT2D eigenvalue weighted by Gasteiger charge is 2.20. The number of thiophene rings is 1. The summed E-state index contributed by atoms with van der Waals surface area (Å²) >= 11 is 1.66. The fourth-order valence-electron chi connectivity index (χ4n) is 5.30. The van der Waals surface area contributed by atoms with E-state index in [0.717, 1.165) is 47.5 Å². The van der Waals surface area contributed by atoms with E-state index < -0.39 is 0 Å². The largest absolute Gasteiger partial charge is 0.352 e. The molecule has 1 aromatic carbocycles. The number of hydrogen-bond donors (Lipinski definition) is 1. The minimum Gasteiger partial charge on any atom is -0.352 e. The molecular formula is C27H34N4O2S. The fraction of sp³-hybridized carbons (Fsp3) is 0.519. The number of benzene rings is 1. The minimum absolute atomic E-state index is 0.00381. The molecule has 0 radical (unpaired) electrons. The van der Waals surface area contributed by atoms with Crippen molar-refractivity contribution in [3.63, 3.8) is 0 Å². The second-order valence-corrected chi connectivity index (χ2v) is 11.0. The van der Waals surface area contributed by atoms with Gasteiger partial charge in [0.25, 0.3) is 5.56 Å². The van der Waals surface area contributed by atoms with Crippen molar-refractivity contribution in [1.29, 1.82) is 0 Å². The summed E-state index contributed by atoms with van der Waals surface area (Å²) < 4.78 is 1.60. The van der Waals surface area contributed by atoms with Gasteiger partial charge in [-0.2, -0.15) is 0 Å². The van der Waals surface area contributed by atoms with Gasteiger partial charge in [-0.1, -0.05) is 31.2 Å². The van der Waals surface area contributed by atoms with Crippen LogP contribution in [0.4, 0.5) is 0 Å². The second-order valence-electron chi connectivity index (χ2n) is 9.96. The van der Waals surface area contributed by atoms with E-state index in [9.17, 15) is 9.59 Å². The first-order valence-electron chi connectivity index (χ1n) is 12.6. The molecule has 3 heterocycles. The Morgan fingerprint density at radius 3 is 2.76 bits per heavy atom. The number of piperidine rings is 1. The Hall–Kier alpha value is -2.51. The summed E-state index contributed by atoms with van der Waals surface area (Å²) in [5.41, 5.74) is 3.60. The molecule has 5 rings (SSSR count). The number of rotatable bonds is 7. The van der Waals surface area contributed by atoms with Gasteiger partial charge in [-0.15, -0.1) is 11.3 Å². The molecule has 0 saturated carbocycles. The molecule has 2 aromatic heterocycles. The number of amides is 1. The van der Waals surface area contributed by atoms with Crippen molar-refractivity contribution < 1.29 is 4.79 Å². The predicted molar refractivity (Wildman–Crippen MR) is 137 cm³/mol. The number of carbonyl (C=O) groups is 1. The van der Waals surface area contributed by atoms with Crippen LogP contribution in [-0.4, -0.2) is 33.4 Å². The summed E-state index contributed by atoms with van der Waals surface area (Å²) in [5, 5.41) is 3.77. The van der Waals surface area contributed by atoms with Gasteiger partial charge in [0.05, 0.1) is 11.7 Å². The Morgan fingerprint density at radius 1 is 1.15 bits per heavy atom. The van der Waals surface area contributed by atoms with Crippen molar-refractivity contribution in [2.45, 2.75) is 71.5 Å². The van der Waals surface area contributed by atoms with Gasteiger partial charge >= 0.3 is 0 Å². The van der Waals surface area contributed by atoms with Crippen LogP contribution in [0, 0.1) is 5.92 Å². The van der Waals surface area contributed by atoms with Gasteiger partial charge in [-0.25, -0.2) is 4.98 Å². The van der Waals surface area contributed by atoms with E-state index in [-0.39, 0.29) is 17.9 Å². The van der Waals surface area contributed by atoms with Crippen molar-refractivity contribution in [1.82, 2.24) is 19.8 Å². The van der Waals surface area contributed by atoms with E-state index in [0.29, 0.717) is 13.1 Å². The third-order valence-electron chi connectivity index (χ3n) is 7.18. The summed E-state index contributed by atoms with van der Waals surface area (Å²) in [5.74, 6) is 0.734. The zero-order valence-corrected chi connectivity index (χ0v) is 20.8. The number of fused-ring (bicyclic) bond motifs is 3. The Kier molecular flexibility index (Phi) is 7.11. The van der Waals surface area contributed by atoms with Gasteiger partial charge in [0, 0.05) is 37.5 Å². The van der Waals surface area contributed by atoms with Crippen LogP contribution in [0.2, 0.25) is 0 Å². The van der Waals surface area contributed by atoms with Crippen LogP contribution in [0.5, 0.6) is 0 Å². The fourth-order valence-corrected chi connectivity index (χ4v) is 6.52. The van der Waals surface area contributed by atoms with E-state index in [2.05, 4.69) is 46.4 Å². The average Bonchev–Trinajstić information content (AvgIpc) is 3.23. The van der Waals surface area contributed by atoms with E-state index in [1.807, 2.05) is 0 Å². The standard InChI is InChI=1S/C27H34N4O2S/c1-19-5-4-13-30(16-19)17-21-10-8-20(9-11-21)15-28-24(32)12-14-31-18-29-26-25(27(31)33)22-6-2-3-7-23(22)34-26/h8-11,18-19H,2-7,12-17H2,1H3,(H,28,32). The maximum absolute atomic E-state index is 13.0. The van der Waals surface area contributed by atoms with Crippen LogP contribution in [0.3, 0.4) is 0 Å². The summed E-state index contributed by atoms with van der Waals surface area (Å²) in [6.07, 6.45) is 8.83. The molecule has 1 saturated heterocycles. The van der Waals surface area contributed by atoms with Crippen LogP contribution in [-0.2, 0) is 37.3 Å². The van der Waals surface area contributed by atoms with Crippen LogP contribution >= 0.6 is 11.3 Å². The molecular weight excluding hydrogens is 444 g/mol. The lowest BCUT2D eigenvalue weighted by atomic mass is 9.97. The molecule has 6 nitrogen and oxygen atoms in total. The van der Waals surface area contributed by atoms with Crippen molar-refractivity contribution in [3.05, 3.63) is 62.5 Å². The van der Waals surface area contributed by atoms with Crippen LogP contribution < -0.4 is 10.9 Å². The summed E-state index contributed by atoms with van der Waals surface area (Å²) in [7, 11) is 0. The van der Waals surface area contributed by atoms with Gasteiger partial charge in [0.1, 0.15) is 4.83 Å². The maximum atomic E-state index is 13.0. The van der Waals surface area contributed by atoms with E-state index in [1.165, 1.54) is 48.4 Å². The number of carbonyl (C=O) groups excluding carboxylic acids is 1. The summed E-state index contributed by atoms with van der Waals surface area (Å²) in [6, 6.07) is 8.54. The van der Waals surface area contributed by atoms with Gasteiger partial charge in [-0.05, 0) is 67.7 Å². The van der Waals surface area contributed by atoms with Crippen LogP contribution in [0.15, 0.2) is 35.4 Å². The molecule has 0 bridgehead atoms. The number of likely N-dealkylation sites (tertiary alicyclic amines) is 1. The zero-order chi connectivity index (χ0) is 23.5. The Labute approximate surface area is 205 Å². The van der Waals surface area contributed by atoms with Crippen molar-refractivity contribution >= 4 is 27.5 Å². The molecule has 1 aliphatic carbocycles. The lowest BCUT2D eigenvalue weighted by molar-refractivity contribution is -0.121. The van der Waals surface area contributed by atoms with Crippen LogP contribution in [0.1, 0.15) is 60.6 Å². The van der Waals surface area contributed by atoms with E-state index in [4.69, 9.17) is 0 Å². The van der Waals surface area contributed by atoms with Gasteiger partial charge in [0.2, 0.25) is 5.91 Å². The smallest absolute Gasteiger partial charge is 0.262 e. The molecule has 3 aromatic rings. The van der Waals surface area contributed by atoms with Crippen molar-refractivity contribution in [3.8, 4) is 0 Å². The van der Waals surface area contributed by atoms with Crippen molar-refractivity contribution in [2.75, 3.05) is 13.1 Å². The maximum Gasteiger partial charge on any atom is 0.262 e. The normalized spacial score (nSPS) is 18.7. The molecule has 34 heavy (non-hydrogen) atoms. The molecule has 2 aliphatic rings. The number of aromatic nitrogens is 2. The quantitative estimate of drug-likeness (QED) is 0.551. The third-order valence-corrected chi connectivity index (χ3v) is 8.38. The second kappa shape index (κ2) is 10.4. The highest BCUT2D eigenvalue weighted by molar-refractivity contribution is 7.18. The monoisotopic (exact) mass is 478 g/mol. The van der Waals surface area contributed by atoms with Gasteiger partial charge < -0.3 is 5.32 Å². The molecule has 1 aliphatic heterocycles. The number of nitrogens with one attached hydrogen (secondary N) is 1. The molecule has 1 N–H and O–H groups in total. The number of hydrogen-bond acceptors (Lipinski definition) is 5. The number of nitrogens with zero attached hydrogens (tertiary/aromatic N) is 3. The highest BCUT2D eigenvalue weighted by Crippen LogP contribution is 2.33. The summed E-state index contributed by atoms with van der Waals surface area (Å²) in [6.45, 7) is 6.55. The molecule has 0 spiro atoms. The molecule has 180 valence electrons. The van der Waals surface area contributed by atoms with Crippen LogP contribution in [0.25, 0.3) is 10.2 Å². The van der Waals surface area contributed by atoms with Gasteiger partial charge in [0.15, 0.2) is 0 Å². The zero-order valence-electron chi connectivity index (χ0n) is 20.0. The van der Waals surface area contributed by atoms with E-state index in [1.54, 1.807) is 22.2 Å². The lowest BCUT2D eigenvalue weighted by Gasteiger charge is -2.30. The highest BCUT2D eigenvalue weighted by atomic mass is 32.1. The topological polar surface area (TPSA) is 67.2 Å². The number of aryl methyl sites for hydroxylation is 3. The lowest BCUT2D eigenvalue weighted by Crippen LogP contribution is -2.33. The first kappa shape index (κ1) is 23.2. The first-order valence-corrected chi connectivity index (χ1v) is 13.4. The Morgan fingerprint density at radius 2 is 1.94 bits per heavy atom. The molecule has 1 amide bonds. The first-order chi connectivity index (χ1) is 16.6. The Bertz CT molecular complexity index is 1210. The summed E-state index contributed by atoms with van der Waals surface area (Å²) in [4.78, 5) is 34.7. The Balaban J connectivity index is 1.13. The van der Waals surface area contributed by atoms with Gasteiger partial charge in [-0.3, -0.25) is 19.1 Å². The molecule has 7 heteroatoms. The predicted octanol–water partition coefficient (Wildman–Crippen LogP) is 4.28. The minimum atomic E-state index is -0.0503. The van der Waals surface area contributed by atoms with Crippen molar-refractivity contribution in [2.24, 2.45) is 5.92 Å². The third kappa shape index (κ3) is 5.26. The SMILES string of the molecule is CC1CCCN(Cc2ccc(CNC(=O)CCn3cnc4sc5c(c4c3=O)CCCC5)cc2)C1. The van der Waals surface area contributed by atoms with E-state index >= 15 is 0 Å². The molecule has 1 unspecified atom stereocenters. The average molecular weight is 479 g/mol. The molecule has 1 atom stereocenters.